The molecule has 0 unspecified atom stereocenters. The minimum absolute atomic E-state index is 0.132. The molecule has 0 bridgehead atoms. The first kappa shape index (κ1) is 22.0. The number of carbonyl (C=O) groups is 1. The molecule has 0 aliphatic carbocycles. The summed E-state index contributed by atoms with van der Waals surface area (Å²) in [5, 5.41) is 0.369. The number of pyridine rings is 1. The van der Waals surface area contributed by atoms with Gasteiger partial charge in [-0.25, -0.2) is 17.8 Å². The maximum Gasteiger partial charge on any atom is 0.230 e. The Morgan fingerprint density at radius 3 is 2.59 bits per heavy atom. The highest BCUT2D eigenvalue weighted by Gasteiger charge is 2.24. The van der Waals surface area contributed by atoms with Crippen LogP contribution in [0.15, 0.2) is 71.8 Å². The zero-order valence-electron chi connectivity index (χ0n) is 17.2. The first-order chi connectivity index (χ1) is 15.3. The lowest BCUT2D eigenvalue weighted by atomic mass is 10.2. The van der Waals surface area contributed by atoms with E-state index < -0.39 is 15.7 Å². The second-order valence-electron chi connectivity index (χ2n) is 7.29. The fourth-order valence-corrected chi connectivity index (χ4v) is 5.37. The molecule has 2 aromatic carbocycles. The molecule has 4 rings (SSSR count). The van der Waals surface area contributed by atoms with Gasteiger partial charge in [-0.2, -0.15) is 0 Å². The van der Waals surface area contributed by atoms with Crippen LogP contribution in [-0.4, -0.2) is 30.0 Å². The third kappa shape index (κ3) is 5.00. The van der Waals surface area contributed by atoms with Crippen LogP contribution in [0, 0.1) is 12.7 Å². The van der Waals surface area contributed by atoms with Crippen LogP contribution in [0.1, 0.15) is 17.7 Å². The predicted molar refractivity (Wildman–Crippen MR) is 123 cm³/mol. The third-order valence-electron chi connectivity index (χ3n) is 4.88. The Morgan fingerprint density at radius 2 is 1.88 bits per heavy atom. The summed E-state index contributed by atoms with van der Waals surface area (Å²) in [7, 11) is -3.62. The van der Waals surface area contributed by atoms with Crippen LogP contribution in [0.2, 0.25) is 0 Å². The van der Waals surface area contributed by atoms with Gasteiger partial charge in [-0.05, 0) is 49.4 Å². The molecule has 9 heteroatoms. The van der Waals surface area contributed by atoms with E-state index in [1.54, 1.807) is 54.7 Å². The van der Waals surface area contributed by atoms with Gasteiger partial charge in [-0.15, -0.1) is 0 Å². The Bertz CT molecular complexity index is 1350. The minimum Gasteiger partial charge on any atom is -0.282 e. The van der Waals surface area contributed by atoms with Crippen LogP contribution in [0.5, 0.6) is 0 Å². The van der Waals surface area contributed by atoms with Crippen molar-refractivity contribution in [2.24, 2.45) is 0 Å². The minimum atomic E-state index is -3.62. The predicted octanol–water partition coefficient (Wildman–Crippen LogP) is 4.54. The van der Waals surface area contributed by atoms with Gasteiger partial charge >= 0.3 is 0 Å². The molecule has 2 aromatic heterocycles. The van der Waals surface area contributed by atoms with E-state index in [-0.39, 0.29) is 29.4 Å². The summed E-state index contributed by atoms with van der Waals surface area (Å²) < 4.78 is 39.6. The van der Waals surface area contributed by atoms with Gasteiger partial charge in [0.15, 0.2) is 15.0 Å². The largest absolute Gasteiger partial charge is 0.282 e. The van der Waals surface area contributed by atoms with E-state index >= 15 is 0 Å². The molecule has 0 saturated heterocycles. The average Bonchev–Trinajstić information content (AvgIpc) is 3.19. The average molecular weight is 470 g/mol. The first-order valence-electron chi connectivity index (χ1n) is 9.88. The van der Waals surface area contributed by atoms with E-state index in [1.807, 2.05) is 6.92 Å². The van der Waals surface area contributed by atoms with Gasteiger partial charge in [0.2, 0.25) is 5.91 Å². The van der Waals surface area contributed by atoms with E-state index in [1.165, 1.54) is 28.4 Å². The quantitative estimate of drug-likeness (QED) is 0.397. The standard InChI is InChI=1S/C23H20FN3O3S2/c1-16-5-8-19(9-6-16)32(29,30)13-11-22(28)27(15-18-4-2-3-12-25-18)23-26-20-10-7-17(24)14-21(20)31-23/h2-10,12,14H,11,13,15H2,1H3. The number of hydrogen-bond acceptors (Lipinski definition) is 6. The zero-order chi connectivity index (χ0) is 22.7. The highest BCUT2D eigenvalue weighted by Crippen LogP contribution is 2.30. The number of benzene rings is 2. The van der Waals surface area contributed by atoms with Crippen molar-refractivity contribution in [2.75, 3.05) is 10.7 Å². The van der Waals surface area contributed by atoms with Crippen molar-refractivity contribution >= 4 is 42.4 Å². The van der Waals surface area contributed by atoms with Gasteiger partial charge < -0.3 is 0 Å². The molecule has 2 heterocycles. The van der Waals surface area contributed by atoms with Crippen LogP contribution >= 0.6 is 11.3 Å². The number of hydrogen-bond donors (Lipinski definition) is 0. The number of fused-ring (bicyclic) bond motifs is 1. The van der Waals surface area contributed by atoms with Crippen molar-refractivity contribution in [2.45, 2.75) is 24.8 Å². The van der Waals surface area contributed by atoms with Crippen molar-refractivity contribution in [3.05, 3.63) is 83.9 Å². The molecule has 6 nitrogen and oxygen atoms in total. The van der Waals surface area contributed by atoms with Gasteiger partial charge in [0.05, 0.1) is 33.1 Å². The number of anilines is 1. The Balaban J connectivity index is 1.60. The molecule has 164 valence electrons. The molecule has 0 saturated carbocycles. The van der Waals surface area contributed by atoms with Gasteiger partial charge in [0.1, 0.15) is 5.82 Å². The van der Waals surface area contributed by atoms with E-state index in [4.69, 9.17) is 0 Å². The van der Waals surface area contributed by atoms with Gasteiger partial charge in [0, 0.05) is 12.6 Å². The van der Waals surface area contributed by atoms with E-state index in [0.29, 0.717) is 21.0 Å². The number of thiazole rings is 1. The molecule has 4 aromatic rings. The van der Waals surface area contributed by atoms with E-state index in [9.17, 15) is 17.6 Å². The summed E-state index contributed by atoms with van der Waals surface area (Å²) in [6.07, 6.45) is 1.40. The van der Waals surface area contributed by atoms with Crippen LogP contribution in [0.25, 0.3) is 10.2 Å². The summed E-state index contributed by atoms with van der Waals surface area (Å²) in [5.74, 6) is -1.11. The van der Waals surface area contributed by atoms with Crippen molar-refractivity contribution in [1.29, 1.82) is 0 Å². The van der Waals surface area contributed by atoms with Crippen LogP contribution < -0.4 is 4.90 Å². The Labute approximate surface area is 189 Å². The first-order valence-corrected chi connectivity index (χ1v) is 12.3. The second-order valence-corrected chi connectivity index (χ2v) is 10.4. The molecule has 0 N–H and O–H groups in total. The Hall–Kier alpha value is -3.17. The molecule has 0 atom stereocenters. The number of halogens is 1. The summed E-state index contributed by atoms with van der Waals surface area (Å²) in [4.78, 5) is 23.5. The maximum absolute atomic E-state index is 13.6. The molecule has 32 heavy (non-hydrogen) atoms. The lowest BCUT2D eigenvalue weighted by molar-refractivity contribution is -0.118. The smallest absolute Gasteiger partial charge is 0.230 e. The van der Waals surface area contributed by atoms with Gasteiger partial charge in [0.25, 0.3) is 0 Å². The lowest BCUT2D eigenvalue weighted by Gasteiger charge is -2.19. The van der Waals surface area contributed by atoms with Crippen molar-refractivity contribution in [1.82, 2.24) is 9.97 Å². The van der Waals surface area contributed by atoms with Crippen molar-refractivity contribution < 1.29 is 17.6 Å². The number of amides is 1. The van der Waals surface area contributed by atoms with Crippen molar-refractivity contribution in [3.63, 3.8) is 0 Å². The normalized spacial score (nSPS) is 11.6. The second kappa shape index (κ2) is 9.13. The number of nitrogens with zero attached hydrogens (tertiary/aromatic N) is 3. The van der Waals surface area contributed by atoms with Gasteiger partial charge in [-0.3, -0.25) is 14.7 Å². The summed E-state index contributed by atoms with van der Waals surface area (Å²) >= 11 is 1.18. The maximum atomic E-state index is 13.6. The monoisotopic (exact) mass is 469 g/mol. The molecular weight excluding hydrogens is 449 g/mol. The summed E-state index contributed by atoms with van der Waals surface area (Å²) in [6, 6.07) is 16.1. The SMILES string of the molecule is Cc1ccc(S(=O)(=O)CCC(=O)N(Cc2ccccn2)c2nc3ccc(F)cc3s2)cc1. The van der Waals surface area contributed by atoms with Crippen molar-refractivity contribution in [3.8, 4) is 0 Å². The Morgan fingerprint density at radius 1 is 1.09 bits per heavy atom. The van der Waals surface area contributed by atoms with Crippen LogP contribution in [0.3, 0.4) is 0 Å². The summed E-state index contributed by atoms with van der Waals surface area (Å²) in [6.45, 7) is 2.01. The number of aryl methyl sites for hydroxylation is 1. The fraction of sp³-hybridized carbons (Fsp3) is 0.174. The third-order valence-corrected chi connectivity index (χ3v) is 7.66. The lowest BCUT2D eigenvalue weighted by Crippen LogP contribution is -2.32. The molecule has 0 aliphatic rings. The topological polar surface area (TPSA) is 80.2 Å². The molecule has 0 fully saturated rings. The number of aromatic nitrogens is 2. The molecule has 1 amide bonds. The molecular formula is C23H20FN3O3S2. The van der Waals surface area contributed by atoms with Gasteiger partial charge in [-0.1, -0.05) is 35.1 Å². The molecule has 0 spiro atoms. The van der Waals surface area contributed by atoms with E-state index in [0.717, 1.165) is 5.56 Å². The number of carbonyl (C=O) groups excluding carboxylic acids is 1. The number of rotatable bonds is 7. The van der Waals surface area contributed by atoms with E-state index in [2.05, 4.69) is 9.97 Å². The fourth-order valence-electron chi connectivity index (χ4n) is 3.14. The highest BCUT2D eigenvalue weighted by atomic mass is 32.2. The zero-order valence-corrected chi connectivity index (χ0v) is 18.9. The highest BCUT2D eigenvalue weighted by molar-refractivity contribution is 7.91. The molecule has 0 aliphatic heterocycles. The molecule has 0 radical (unpaired) electrons. The summed E-state index contributed by atoms with van der Waals surface area (Å²) in [5.41, 5.74) is 2.15. The Kier molecular flexibility index (Phi) is 6.29. The van der Waals surface area contributed by atoms with Crippen LogP contribution in [-0.2, 0) is 21.2 Å². The number of sulfone groups is 1. The van der Waals surface area contributed by atoms with Crippen LogP contribution in [0.4, 0.5) is 9.52 Å².